The highest BCUT2D eigenvalue weighted by atomic mass is 79.9. The van der Waals surface area contributed by atoms with Gasteiger partial charge in [-0.3, -0.25) is 4.79 Å². The van der Waals surface area contributed by atoms with Crippen LogP contribution in [0, 0.1) is 0 Å². The van der Waals surface area contributed by atoms with Crippen molar-refractivity contribution in [1.82, 2.24) is 4.90 Å². The molecule has 23 heavy (non-hydrogen) atoms. The molecule has 1 aliphatic heterocycles. The molecule has 118 valence electrons. The summed E-state index contributed by atoms with van der Waals surface area (Å²) in [7, 11) is 0. The molecule has 0 amide bonds. The van der Waals surface area contributed by atoms with Crippen LogP contribution in [-0.4, -0.2) is 28.4 Å². The number of aliphatic carboxylic acids is 1. The number of carboxylic acid groups (broad SMARTS) is 1. The van der Waals surface area contributed by atoms with Crippen molar-refractivity contribution in [1.29, 1.82) is 0 Å². The average molecular weight is 373 g/mol. The van der Waals surface area contributed by atoms with Crippen LogP contribution in [0.2, 0.25) is 0 Å². The third-order valence-corrected chi connectivity index (χ3v) is 4.41. The molecule has 1 atom stereocenters. The lowest BCUT2D eigenvalue weighted by Crippen LogP contribution is -2.40. The number of carboxylic acids is 1. The van der Waals surface area contributed by atoms with Crippen molar-refractivity contribution < 1.29 is 9.90 Å². The minimum Gasteiger partial charge on any atom is -0.480 e. The van der Waals surface area contributed by atoms with E-state index in [-0.39, 0.29) is 12.6 Å². The molecule has 0 spiro atoms. The zero-order valence-electron chi connectivity index (χ0n) is 12.7. The van der Waals surface area contributed by atoms with Gasteiger partial charge in [-0.2, -0.15) is 0 Å². The summed E-state index contributed by atoms with van der Waals surface area (Å²) >= 11 is 3.51. The van der Waals surface area contributed by atoms with Crippen LogP contribution in [-0.2, 0) is 4.79 Å². The van der Waals surface area contributed by atoms with E-state index in [4.69, 9.17) is 0 Å². The van der Waals surface area contributed by atoms with Gasteiger partial charge in [0.05, 0.1) is 11.7 Å². The Morgan fingerprint density at radius 1 is 1.26 bits per heavy atom. The lowest BCUT2D eigenvalue weighted by molar-refractivity contribution is -0.137. The monoisotopic (exact) mass is 372 g/mol. The summed E-state index contributed by atoms with van der Waals surface area (Å²) in [4.78, 5) is 17.9. The van der Waals surface area contributed by atoms with E-state index in [1.165, 1.54) is 0 Å². The number of halogens is 1. The van der Waals surface area contributed by atoms with Crippen molar-refractivity contribution in [2.75, 3.05) is 6.54 Å². The molecular formula is C18H17BrN2O2. The molecule has 0 fully saturated rings. The number of aliphatic imine (C=N–C) groups is 1. The van der Waals surface area contributed by atoms with Gasteiger partial charge in [-0.15, -0.1) is 0 Å². The van der Waals surface area contributed by atoms with Gasteiger partial charge in [0.15, 0.2) is 0 Å². The minimum atomic E-state index is -0.856. The van der Waals surface area contributed by atoms with Gasteiger partial charge in [0.25, 0.3) is 0 Å². The SMILES string of the molecule is CCC1=Nc2ccc(Br)cc2C(c2ccccc2)N1CC(=O)O. The maximum absolute atomic E-state index is 11.4. The molecule has 0 radical (unpaired) electrons. The predicted molar refractivity (Wildman–Crippen MR) is 94.2 cm³/mol. The van der Waals surface area contributed by atoms with E-state index in [2.05, 4.69) is 20.9 Å². The summed E-state index contributed by atoms with van der Waals surface area (Å²) in [6.45, 7) is 1.93. The number of rotatable bonds is 4. The van der Waals surface area contributed by atoms with Crippen molar-refractivity contribution in [3.05, 3.63) is 64.1 Å². The number of fused-ring (bicyclic) bond motifs is 1. The van der Waals surface area contributed by atoms with Crippen LogP contribution in [0.4, 0.5) is 5.69 Å². The Kier molecular flexibility index (Phi) is 4.48. The Bertz CT molecular complexity index is 759. The normalized spacial score (nSPS) is 16.7. The summed E-state index contributed by atoms with van der Waals surface area (Å²) < 4.78 is 0.961. The smallest absolute Gasteiger partial charge is 0.323 e. The Morgan fingerprint density at radius 2 is 2.00 bits per heavy atom. The van der Waals surface area contributed by atoms with Crippen LogP contribution in [0.25, 0.3) is 0 Å². The van der Waals surface area contributed by atoms with Crippen molar-refractivity contribution >= 4 is 33.4 Å². The second-order valence-electron chi connectivity index (χ2n) is 5.42. The summed E-state index contributed by atoms with van der Waals surface area (Å²) in [6.07, 6.45) is 0.687. The molecule has 5 heteroatoms. The number of amidine groups is 1. The molecule has 0 saturated heterocycles. The average Bonchev–Trinajstić information content (AvgIpc) is 2.54. The lowest BCUT2D eigenvalue weighted by Gasteiger charge is -2.37. The van der Waals surface area contributed by atoms with E-state index in [1.54, 1.807) is 0 Å². The van der Waals surface area contributed by atoms with Crippen LogP contribution in [0.3, 0.4) is 0 Å². The van der Waals surface area contributed by atoms with Gasteiger partial charge in [-0.25, -0.2) is 4.99 Å². The van der Waals surface area contributed by atoms with Gasteiger partial charge in [-0.1, -0.05) is 53.2 Å². The van der Waals surface area contributed by atoms with Gasteiger partial charge in [-0.05, 0) is 23.8 Å². The maximum Gasteiger partial charge on any atom is 0.323 e. The molecule has 1 unspecified atom stereocenters. The first-order valence-electron chi connectivity index (χ1n) is 7.50. The molecule has 3 rings (SSSR count). The molecule has 2 aromatic carbocycles. The summed E-state index contributed by atoms with van der Waals surface area (Å²) in [5, 5.41) is 9.34. The van der Waals surface area contributed by atoms with E-state index in [9.17, 15) is 9.90 Å². The van der Waals surface area contributed by atoms with Gasteiger partial charge >= 0.3 is 5.97 Å². The molecule has 1 heterocycles. The van der Waals surface area contributed by atoms with Crippen molar-refractivity contribution in [3.8, 4) is 0 Å². The lowest BCUT2D eigenvalue weighted by atomic mass is 9.93. The van der Waals surface area contributed by atoms with Crippen LogP contribution in [0.1, 0.15) is 30.5 Å². The fourth-order valence-electron chi connectivity index (χ4n) is 2.97. The third kappa shape index (κ3) is 3.15. The Balaban J connectivity index is 2.19. The Labute approximate surface area is 143 Å². The van der Waals surface area contributed by atoms with E-state index in [1.807, 2.05) is 60.4 Å². The van der Waals surface area contributed by atoms with Gasteiger partial charge in [0.2, 0.25) is 0 Å². The maximum atomic E-state index is 11.4. The zero-order chi connectivity index (χ0) is 16.4. The van der Waals surface area contributed by atoms with E-state index < -0.39 is 5.97 Å². The Morgan fingerprint density at radius 3 is 2.65 bits per heavy atom. The van der Waals surface area contributed by atoms with Crippen molar-refractivity contribution in [2.45, 2.75) is 19.4 Å². The van der Waals surface area contributed by atoms with Crippen LogP contribution in [0.5, 0.6) is 0 Å². The highest BCUT2D eigenvalue weighted by Crippen LogP contribution is 2.40. The number of carbonyl (C=O) groups is 1. The van der Waals surface area contributed by atoms with Gasteiger partial charge in [0, 0.05) is 16.5 Å². The summed E-state index contributed by atoms with van der Waals surface area (Å²) in [5.41, 5.74) is 2.98. The molecule has 1 aliphatic rings. The molecule has 0 bridgehead atoms. The van der Waals surface area contributed by atoms with Gasteiger partial charge in [0.1, 0.15) is 12.4 Å². The first-order valence-corrected chi connectivity index (χ1v) is 8.30. The number of benzene rings is 2. The highest BCUT2D eigenvalue weighted by Gasteiger charge is 2.31. The number of nitrogens with zero attached hydrogens (tertiary/aromatic N) is 2. The quantitative estimate of drug-likeness (QED) is 0.866. The predicted octanol–water partition coefficient (Wildman–Crippen LogP) is 4.38. The highest BCUT2D eigenvalue weighted by molar-refractivity contribution is 9.10. The van der Waals surface area contributed by atoms with Crippen LogP contribution < -0.4 is 0 Å². The second kappa shape index (κ2) is 6.54. The molecular weight excluding hydrogens is 356 g/mol. The topological polar surface area (TPSA) is 52.9 Å². The minimum absolute atomic E-state index is 0.0712. The van der Waals surface area contributed by atoms with E-state index in [0.29, 0.717) is 6.42 Å². The Hall–Kier alpha value is -2.14. The van der Waals surface area contributed by atoms with Crippen LogP contribution >= 0.6 is 15.9 Å². The molecule has 0 saturated carbocycles. The molecule has 4 nitrogen and oxygen atoms in total. The zero-order valence-corrected chi connectivity index (χ0v) is 14.3. The third-order valence-electron chi connectivity index (χ3n) is 3.91. The fraction of sp³-hybridized carbons (Fsp3) is 0.222. The summed E-state index contributed by atoms with van der Waals surface area (Å²) in [5.74, 6) is -0.0541. The standard InChI is InChI=1S/C18H17BrN2O2/c1-2-16-20-15-9-8-13(19)10-14(15)18(21(16)11-17(22)23)12-6-4-3-5-7-12/h3-10,18H,2,11H2,1H3,(H,22,23). The van der Waals surface area contributed by atoms with Crippen molar-refractivity contribution in [2.24, 2.45) is 4.99 Å². The largest absolute Gasteiger partial charge is 0.480 e. The van der Waals surface area contributed by atoms with E-state index >= 15 is 0 Å². The first-order chi connectivity index (χ1) is 11.1. The number of hydrogen-bond donors (Lipinski definition) is 1. The second-order valence-corrected chi connectivity index (χ2v) is 6.34. The molecule has 1 N–H and O–H groups in total. The summed E-state index contributed by atoms with van der Waals surface area (Å²) in [6, 6.07) is 15.8. The van der Waals surface area contributed by atoms with Crippen molar-refractivity contribution in [3.63, 3.8) is 0 Å². The first kappa shape index (κ1) is 15.7. The number of hydrogen-bond acceptors (Lipinski definition) is 3. The van der Waals surface area contributed by atoms with Crippen LogP contribution in [0.15, 0.2) is 58.0 Å². The molecule has 2 aromatic rings. The fourth-order valence-corrected chi connectivity index (χ4v) is 3.35. The molecule has 0 aliphatic carbocycles. The molecule has 0 aromatic heterocycles. The van der Waals surface area contributed by atoms with E-state index in [0.717, 1.165) is 27.1 Å². The van der Waals surface area contributed by atoms with Gasteiger partial charge < -0.3 is 10.0 Å².